The molecule has 1 aromatic rings. The molecule has 3 nitrogen and oxygen atoms in total. The van der Waals surface area contributed by atoms with Gasteiger partial charge in [-0.05, 0) is 43.0 Å². The van der Waals surface area contributed by atoms with Crippen molar-refractivity contribution < 1.29 is 4.79 Å². The Kier molecular flexibility index (Phi) is 3.18. The summed E-state index contributed by atoms with van der Waals surface area (Å²) in [4.78, 5) is 16.3. The van der Waals surface area contributed by atoms with E-state index in [0.717, 1.165) is 19.3 Å². The Hall–Kier alpha value is -1.34. The normalized spacial score (nSPS) is 29.7. The summed E-state index contributed by atoms with van der Waals surface area (Å²) in [6.07, 6.45) is 2.51. The van der Waals surface area contributed by atoms with E-state index in [2.05, 4.69) is 31.4 Å². The fraction of sp³-hybridized carbons (Fsp3) is 0.647. The van der Waals surface area contributed by atoms with Crippen LogP contribution in [0.2, 0.25) is 0 Å². The number of amides is 1. The maximum atomic E-state index is 13.1. The molecular weight excluding hydrogens is 280 g/mol. The molecule has 1 saturated carbocycles. The lowest BCUT2D eigenvalue weighted by Gasteiger charge is -2.37. The molecule has 21 heavy (non-hydrogen) atoms. The first-order chi connectivity index (χ1) is 9.85. The number of likely N-dealkylation sites (tertiary alicyclic amines) is 1. The molecule has 0 aromatic carbocycles. The molecule has 3 rings (SSSR count). The van der Waals surface area contributed by atoms with E-state index in [1.165, 1.54) is 4.88 Å². The Labute approximate surface area is 130 Å². The van der Waals surface area contributed by atoms with Crippen molar-refractivity contribution in [2.24, 2.45) is 10.8 Å². The predicted molar refractivity (Wildman–Crippen MR) is 83.9 cm³/mol. The zero-order valence-electron chi connectivity index (χ0n) is 13.0. The van der Waals surface area contributed by atoms with E-state index in [9.17, 15) is 10.1 Å². The molecule has 112 valence electrons. The van der Waals surface area contributed by atoms with Crippen LogP contribution in [0.15, 0.2) is 17.5 Å². The van der Waals surface area contributed by atoms with Crippen LogP contribution in [0.5, 0.6) is 0 Å². The Morgan fingerprint density at radius 2 is 1.95 bits per heavy atom. The van der Waals surface area contributed by atoms with Gasteiger partial charge in [0.1, 0.15) is 0 Å². The third kappa shape index (κ3) is 2.10. The monoisotopic (exact) mass is 302 g/mol. The molecule has 0 N–H and O–H groups in total. The molecule has 4 heteroatoms. The number of carbonyl (C=O) groups excluding carboxylic acids is 1. The minimum atomic E-state index is -0.318. The van der Waals surface area contributed by atoms with Gasteiger partial charge in [-0.3, -0.25) is 4.79 Å². The first-order valence-corrected chi connectivity index (χ1v) is 8.47. The number of nitriles is 1. The molecule has 0 bridgehead atoms. The van der Waals surface area contributed by atoms with Crippen molar-refractivity contribution in [1.29, 1.82) is 5.26 Å². The Morgan fingerprint density at radius 3 is 2.38 bits per heavy atom. The van der Waals surface area contributed by atoms with Crippen molar-refractivity contribution >= 4 is 17.2 Å². The molecule has 2 aliphatic rings. The topological polar surface area (TPSA) is 44.1 Å². The van der Waals surface area contributed by atoms with Crippen LogP contribution in [0.25, 0.3) is 0 Å². The summed E-state index contributed by atoms with van der Waals surface area (Å²) in [6.45, 7) is 7.81. The summed E-state index contributed by atoms with van der Waals surface area (Å²) in [6, 6.07) is 6.53. The Bertz CT molecular complexity index is 591. The number of piperidine rings is 1. The first kappa shape index (κ1) is 14.6. The van der Waals surface area contributed by atoms with Gasteiger partial charge < -0.3 is 4.90 Å². The summed E-state index contributed by atoms with van der Waals surface area (Å²) in [5.41, 5.74) is -0.529. The minimum absolute atomic E-state index is 0.0465. The average molecular weight is 302 g/mol. The highest BCUT2D eigenvalue weighted by atomic mass is 32.1. The fourth-order valence-electron chi connectivity index (χ4n) is 3.62. The summed E-state index contributed by atoms with van der Waals surface area (Å²) < 4.78 is 0. The van der Waals surface area contributed by atoms with Gasteiger partial charge in [0.15, 0.2) is 0 Å². The van der Waals surface area contributed by atoms with E-state index >= 15 is 0 Å². The van der Waals surface area contributed by atoms with Crippen LogP contribution >= 0.6 is 11.3 Å². The number of hydrogen-bond acceptors (Lipinski definition) is 3. The van der Waals surface area contributed by atoms with E-state index < -0.39 is 0 Å². The lowest BCUT2D eigenvalue weighted by Crippen LogP contribution is -2.47. The number of rotatable bonds is 2. The quantitative estimate of drug-likeness (QED) is 0.838. The van der Waals surface area contributed by atoms with Crippen molar-refractivity contribution in [3.8, 4) is 6.07 Å². The molecule has 1 aromatic heterocycles. The van der Waals surface area contributed by atoms with Crippen molar-refractivity contribution in [1.82, 2.24) is 4.90 Å². The molecule has 2 heterocycles. The average Bonchev–Trinajstić information content (AvgIpc) is 2.84. The zero-order valence-corrected chi connectivity index (χ0v) is 13.8. The summed E-state index contributed by atoms with van der Waals surface area (Å²) in [7, 11) is 0. The maximum Gasteiger partial charge on any atom is 0.234 e. The van der Waals surface area contributed by atoms with Crippen LogP contribution in [-0.4, -0.2) is 23.9 Å². The van der Waals surface area contributed by atoms with Gasteiger partial charge in [0.2, 0.25) is 5.91 Å². The van der Waals surface area contributed by atoms with Gasteiger partial charge >= 0.3 is 0 Å². The predicted octanol–water partition coefficient (Wildman–Crippen LogP) is 3.57. The molecule has 0 spiro atoms. The van der Waals surface area contributed by atoms with Crippen LogP contribution in [-0.2, 0) is 10.2 Å². The van der Waals surface area contributed by atoms with Crippen LogP contribution in [0, 0.1) is 22.2 Å². The molecule has 0 unspecified atom stereocenters. The van der Waals surface area contributed by atoms with E-state index in [1.807, 2.05) is 17.9 Å². The second-order valence-corrected chi connectivity index (χ2v) is 8.36. The van der Waals surface area contributed by atoms with Gasteiger partial charge in [-0.25, -0.2) is 0 Å². The van der Waals surface area contributed by atoms with Crippen LogP contribution in [0.1, 0.15) is 44.9 Å². The third-order valence-electron chi connectivity index (χ3n) is 5.47. The second-order valence-electron chi connectivity index (χ2n) is 7.41. The van der Waals surface area contributed by atoms with Crippen molar-refractivity contribution in [2.45, 2.75) is 45.4 Å². The van der Waals surface area contributed by atoms with E-state index in [1.54, 1.807) is 11.3 Å². The molecule has 1 aliphatic heterocycles. The van der Waals surface area contributed by atoms with Crippen molar-refractivity contribution in [3.05, 3.63) is 22.4 Å². The van der Waals surface area contributed by atoms with Gasteiger partial charge in [0.05, 0.1) is 16.9 Å². The van der Waals surface area contributed by atoms with E-state index in [4.69, 9.17) is 0 Å². The Morgan fingerprint density at radius 1 is 1.33 bits per heavy atom. The van der Waals surface area contributed by atoms with Gasteiger partial charge in [-0.1, -0.05) is 19.9 Å². The molecule has 2 fully saturated rings. The molecule has 1 saturated heterocycles. The smallest absolute Gasteiger partial charge is 0.234 e. The second kappa shape index (κ2) is 4.58. The molecule has 1 aliphatic carbocycles. The summed E-state index contributed by atoms with van der Waals surface area (Å²) in [5, 5.41) is 11.3. The van der Waals surface area contributed by atoms with Crippen LogP contribution in [0.3, 0.4) is 0 Å². The standard InChI is InChI=1S/C17H22N2OS/c1-15(2)11-17(15,13-5-4-10-21-13)14(20)19-8-6-16(3,12-18)7-9-19/h4-5,10H,6-9,11H2,1-3H3/t17-/m1/s1. The van der Waals surface area contributed by atoms with Crippen LogP contribution < -0.4 is 0 Å². The zero-order chi connectivity index (χ0) is 15.3. The lowest BCUT2D eigenvalue weighted by atomic mass is 9.81. The van der Waals surface area contributed by atoms with Gasteiger partial charge in [-0.15, -0.1) is 11.3 Å². The largest absolute Gasteiger partial charge is 0.342 e. The van der Waals surface area contributed by atoms with Crippen molar-refractivity contribution in [3.63, 3.8) is 0 Å². The molecular formula is C17H22N2OS. The summed E-state index contributed by atoms with van der Waals surface area (Å²) in [5.74, 6) is 0.273. The third-order valence-corrected chi connectivity index (χ3v) is 6.50. The Balaban J connectivity index is 1.81. The van der Waals surface area contributed by atoms with Crippen molar-refractivity contribution in [2.75, 3.05) is 13.1 Å². The lowest BCUT2D eigenvalue weighted by molar-refractivity contribution is -0.136. The van der Waals surface area contributed by atoms with Gasteiger partial charge in [-0.2, -0.15) is 5.26 Å². The molecule has 1 amide bonds. The maximum absolute atomic E-state index is 13.1. The van der Waals surface area contributed by atoms with Gasteiger partial charge in [0, 0.05) is 18.0 Å². The molecule has 1 atom stereocenters. The SMILES string of the molecule is CC1(C#N)CCN(C(=O)[C@]2(c3cccs3)CC2(C)C)CC1. The molecule has 0 radical (unpaired) electrons. The van der Waals surface area contributed by atoms with E-state index in [-0.39, 0.29) is 22.2 Å². The van der Waals surface area contributed by atoms with Gasteiger partial charge in [0.25, 0.3) is 0 Å². The number of thiophene rings is 1. The first-order valence-electron chi connectivity index (χ1n) is 7.59. The number of carbonyl (C=O) groups is 1. The van der Waals surface area contributed by atoms with E-state index in [0.29, 0.717) is 13.1 Å². The highest BCUT2D eigenvalue weighted by molar-refractivity contribution is 7.10. The number of hydrogen-bond donors (Lipinski definition) is 0. The highest BCUT2D eigenvalue weighted by Gasteiger charge is 2.68. The number of nitrogens with zero attached hydrogens (tertiary/aromatic N) is 2. The fourth-order valence-corrected chi connectivity index (χ4v) is 4.71. The summed E-state index contributed by atoms with van der Waals surface area (Å²) >= 11 is 1.69. The highest BCUT2D eigenvalue weighted by Crippen LogP contribution is 2.66. The minimum Gasteiger partial charge on any atom is -0.342 e. The van der Waals surface area contributed by atoms with Crippen LogP contribution in [0.4, 0.5) is 0 Å².